The van der Waals surface area contributed by atoms with Crippen molar-refractivity contribution >= 4 is 11.6 Å². The van der Waals surface area contributed by atoms with Gasteiger partial charge < -0.3 is 18.6 Å². The second kappa shape index (κ2) is 8.47. The molecule has 4 aromatic rings. The molecular formula is C24H21FN2O4. The fourth-order valence-electron chi connectivity index (χ4n) is 3.56. The van der Waals surface area contributed by atoms with Crippen LogP contribution in [0.4, 0.5) is 4.39 Å². The van der Waals surface area contributed by atoms with Crippen LogP contribution in [-0.2, 0) is 11.2 Å². The van der Waals surface area contributed by atoms with Crippen molar-refractivity contribution in [2.24, 2.45) is 0 Å². The molecule has 0 fully saturated rings. The molecule has 2 aromatic heterocycles. The zero-order valence-corrected chi connectivity index (χ0v) is 17.4. The van der Waals surface area contributed by atoms with Crippen molar-refractivity contribution in [3.05, 3.63) is 83.4 Å². The monoisotopic (exact) mass is 420 g/mol. The van der Waals surface area contributed by atoms with E-state index in [1.54, 1.807) is 38.6 Å². The number of imidazole rings is 1. The van der Waals surface area contributed by atoms with Gasteiger partial charge in [-0.25, -0.2) is 14.2 Å². The zero-order valence-electron chi connectivity index (χ0n) is 17.4. The van der Waals surface area contributed by atoms with Crippen molar-refractivity contribution in [3.8, 4) is 22.8 Å². The molecule has 2 heterocycles. The first kappa shape index (κ1) is 20.4. The SMILES string of the molecule is COC(=O)c1ccc2nc(-c3ccc(OC)c(OC)c3)c(Cc3cccc(F)c3)n2c1. The molecular weight excluding hydrogens is 399 g/mol. The van der Waals surface area contributed by atoms with Gasteiger partial charge in [0.15, 0.2) is 11.5 Å². The number of aromatic nitrogens is 2. The lowest BCUT2D eigenvalue weighted by Crippen LogP contribution is -2.04. The van der Waals surface area contributed by atoms with Crippen LogP contribution in [0.15, 0.2) is 60.8 Å². The lowest BCUT2D eigenvalue weighted by atomic mass is 10.0. The quantitative estimate of drug-likeness (QED) is 0.429. The van der Waals surface area contributed by atoms with E-state index in [9.17, 15) is 9.18 Å². The van der Waals surface area contributed by atoms with Gasteiger partial charge >= 0.3 is 5.97 Å². The topological polar surface area (TPSA) is 62.1 Å². The van der Waals surface area contributed by atoms with Crippen molar-refractivity contribution in [2.45, 2.75) is 6.42 Å². The number of ether oxygens (including phenoxy) is 3. The molecule has 0 unspecified atom stereocenters. The summed E-state index contributed by atoms with van der Waals surface area (Å²) in [5.41, 5.74) is 4.15. The number of methoxy groups -OCH3 is 3. The van der Waals surface area contributed by atoms with Crippen LogP contribution < -0.4 is 9.47 Å². The Morgan fingerprint density at radius 3 is 2.52 bits per heavy atom. The highest BCUT2D eigenvalue weighted by Crippen LogP contribution is 2.34. The van der Waals surface area contributed by atoms with E-state index in [-0.39, 0.29) is 5.82 Å². The molecule has 0 amide bonds. The van der Waals surface area contributed by atoms with Crippen molar-refractivity contribution in [3.63, 3.8) is 0 Å². The van der Waals surface area contributed by atoms with Gasteiger partial charge in [0.2, 0.25) is 0 Å². The molecule has 31 heavy (non-hydrogen) atoms. The van der Waals surface area contributed by atoms with Crippen molar-refractivity contribution in [1.29, 1.82) is 0 Å². The van der Waals surface area contributed by atoms with E-state index >= 15 is 0 Å². The molecule has 0 bridgehead atoms. The summed E-state index contributed by atoms with van der Waals surface area (Å²) < 4.78 is 31.3. The van der Waals surface area contributed by atoms with E-state index in [2.05, 4.69) is 0 Å². The number of hydrogen-bond acceptors (Lipinski definition) is 5. The van der Waals surface area contributed by atoms with E-state index in [0.717, 1.165) is 16.8 Å². The van der Waals surface area contributed by atoms with Crippen molar-refractivity contribution in [1.82, 2.24) is 9.38 Å². The summed E-state index contributed by atoms with van der Waals surface area (Å²) in [6, 6.07) is 15.4. The molecule has 0 atom stereocenters. The summed E-state index contributed by atoms with van der Waals surface area (Å²) >= 11 is 0. The van der Waals surface area contributed by atoms with Crippen molar-refractivity contribution < 1.29 is 23.4 Å². The normalized spacial score (nSPS) is 10.8. The Kier molecular flexibility index (Phi) is 5.58. The van der Waals surface area contributed by atoms with Crippen LogP contribution >= 0.6 is 0 Å². The Balaban J connectivity index is 1.92. The highest BCUT2D eigenvalue weighted by molar-refractivity contribution is 5.89. The fourth-order valence-corrected chi connectivity index (χ4v) is 3.56. The molecule has 0 radical (unpaired) electrons. The highest BCUT2D eigenvalue weighted by Gasteiger charge is 2.18. The standard InChI is InChI=1S/C24H21FN2O4/c1-29-20-9-7-16(13-21(20)30-2)23-19(12-15-5-4-6-18(25)11-15)27-14-17(24(28)31-3)8-10-22(27)26-23/h4-11,13-14H,12H2,1-3H3. The number of esters is 1. The summed E-state index contributed by atoms with van der Waals surface area (Å²) in [5, 5.41) is 0. The number of nitrogens with zero attached hydrogens (tertiary/aromatic N) is 2. The van der Waals surface area contributed by atoms with Crippen LogP contribution in [0, 0.1) is 5.82 Å². The first-order valence-corrected chi connectivity index (χ1v) is 9.60. The Morgan fingerprint density at radius 2 is 1.81 bits per heavy atom. The number of carbonyl (C=O) groups excluding carboxylic acids is 1. The molecule has 2 aromatic carbocycles. The van der Waals surface area contributed by atoms with Crippen LogP contribution in [-0.4, -0.2) is 36.7 Å². The van der Waals surface area contributed by atoms with Gasteiger partial charge in [0.25, 0.3) is 0 Å². The van der Waals surface area contributed by atoms with Crippen LogP contribution in [0.25, 0.3) is 16.9 Å². The van der Waals surface area contributed by atoms with Gasteiger partial charge in [0.1, 0.15) is 11.5 Å². The van der Waals surface area contributed by atoms with Gasteiger partial charge in [-0.1, -0.05) is 12.1 Å². The third-order valence-electron chi connectivity index (χ3n) is 5.06. The molecule has 0 aliphatic heterocycles. The first-order valence-electron chi connectivity index (χ1n) is 9.60. The van der Waals surface area contributed by atoms with Crippen molar-refractivity contribution in [2.75, 3.05) is 21.3 Å². The molecule has 0 saturated carbocycles. The maximum Gasteiger partial charge on any atom is 0.339 e. The Morgan fingerprint density at radius 1 is 1.00 bits per heavy atom. The summed E-state index contributed by atoms with van der Waals surface area (Å²) in [5.74, 6) is 0.424. The third kappa shape index (κ3) is 3.94. The Hall–Kier alpha value is -3.87. The molecule has 158 valence electrons. The van der Waals surface area contributed by atoms with Crippen LogP contribution in [0.5, 0.6) is 11.5 Å². The minimum absolute atomic E-state index is 0.311. The third-order valence-corrected chi connectivity index (χ3v) is 5.06. The van der Waals surface area contributed by atoms with Gasteiger partial charge in [-0.2, -0.15) is 0 Å². The second-order valence-corrected chi connectivity index (χ2v) is 6.92. The molecule has 0 aliphatic rings. The number of carbonyl (C=O) groups is 1. The summed E-state index contributed by atoms with van der Waals surface area (Å²) in [6.45, 7) is 0. The number of fused-ring (bicyclic) bond motifs is 1. The van der Waals surface area contributed by atoms with Gasteiger partial charge in [0, 0.05) is 18.2 Å². The summed E-state index contributed by atoms with van der Waals surface area (Å²) in [7, 11) is 4.48. The Bertz CT molecular complexity index is 1270. The molecule has 0 saturated heterocycles. The number of pyridine rings is 1. The lowest BCUT2D eigenvalue weighted by molar-refractivity contribution is 0.0600. The van der Waals surface area contributed by atoms with Gasteiger partial charge in [-0.15, -0.1) is 0 Å². The molecule has 0 N–H and O–H groups in total. The van der Waals surface area contributed by atoms with Crippen LogP contribution in [0.2, 0.25) is 0 Å². The highest BCUT2D eigenvalue weighted by atomic mass is 19.1. The molecule has 6 nitrogen and oxygen atoms in total. The van der Waals surface area contributed by atoms with E-state index in [1.807, 2.05) is 28.7 Å². The number of hydrogen-bond donors (Lipinski definition) is 0. The lowest BCUT2D eigenvalue weighted by Gasteiger charge is -2.10. The molecule has 0 spiro atoms. The minimum atomic E-state index is -0.444. The van der Waals surface area contributed by atoms with E-state index < -0.39 is 5.97 Å². The van der Waals surface area contributed by atoms with Crippen LogP contribution in [0.3, 0.4) is 0 Å². The van der Waals surface area contributed by atoms with E-state index in [0.29, 0.717) is 34.8 Å². The average Bonchev–Trinajstić information content (AvgIpc) is 3.15. The van der Waals surface area contributed by atoms with E-state index in [1.165, 1.54) is 19.2 Å². The van der Waals surface area contributed by atoms with Crippen LogP contribution in [0.1, 0.15) is 21.6 Å². The maximum absolute atomic E-state index is 13.8. The first-order chi connectivity index (χ1) is 15.0. The van der Waals surface area contributed by atoms with Gasteiger partial charge in [-0.3, -0.25) is 0 Å². The number of rotatable bonds is 6. The predicted octanol–water partition coefficient (Wildman–Crippen LogP) is 4.54. The summed E-state index contributed by atoms with van der Waals surface area (Å²) in [6.07, 6.45) is 2.10. The second-order valence-electron chi connectivity index (χ2n) is 6.92. The summed E-state index contributed by atoms with van der Waals surface area (Å²) in [4.78, 5) is 16.8. The fraction of sp³-hybridized carbons (Fsp3) is 0.167. The van der Waals surface area contributed by atoms with Gasteiger partial charge in [-0.05, 0) is 48.0 Å². The average molecular weight is 420 g/mol. The molecule has 4 rings (SSSR count). The number of benzene rings is 2. The zero-order chi connectivity index (χ0) is 22.0. The van der Waals surface area contributed by atoms with E-state index in [4.69, 9.17) is 19.2 Å². The molecule has 7 heteroatoms. The maximum atomic E-state index is 13.8. The smallest absolute Gasteiger partial charge is 0.339 e. The predicted molar refractivity (Wildman–Crippen MR) is 114 cm³/mol. The Labute approximate surface area is 178 Å². The number of halogens is 1. The largest absolute Gasteiger partial charge is 0.493 e. The molecule has 0 aliphatic carbocycles. The van der Waals surface area contributed by atoms with Gasteiger partial charge in [0.05, 0.1) is 38.3 Å². The minimum Gasteiger partial charge on any atom is -0.493 e.